The van der Waals surface area contributed by atoms with Crippen molar-refractivity contribution >= 4 is 22.4 Å². The highest BCUT2D eigenvalue weighted by Crippen LogP contribution is 2.33. The summed E-state index contributed by atoms with van der Waals surface area (Å²) < 4.78 is 29.4. The second kappa shape index (κ2) is 7.13. The zero-order chi connectivity index (χ0) is 19.0. The van der Waals surface area contributed by atoms with Gasteiger partial charge in [0.05, 0.1) is 5.56 Å². The quantitative estimate of drug-likeness (QED) is 0.343. The van der Waals surface area contributed by atoms with Crippen LogP contribution in [-0.4, -0.2) is 0 Å². The van der Waals surface area contributed by atoms with Crippen molar-refractivity contribution in [1.82, 2.24) is 0 Å². The maximum absolute atomic E-state index is 14.7. The lowest BCUT2D eigenvalue weighted by Crippen LogP contribution is -1.92. The summed E-state index contributed by atoms with van der Waals surface area (Å²) in [7, 11) is 0. The van der Waals surface area contributed by atoms with Gasteiger partial charge in [-0.1, -0.05) is 61.0 Å². The van der Waals surface area contributed by atoms with Crippen molar-refractivity contribution in [1.29, 1.82) is 0 Å². The first kappa shape index (κ1) is 17.7. The van der Waals surface area contributed by atoms with Crippen LogP contribution in [0.15, 0.2) is 72.8 Å². The molecule has 0 aliphatic rings. The minimum Gasteiger partial charge on any atom is -0.206 e. The summed E-state index contributed by atoms with van der Waals surface area (Å²) in [6.07, 6.45) is 0.972. The Morgan fingerprint density at radius 3 is 1.93 bits per heavy atom. The number of hydrogen-bond acceptors (Lipinski definition) is 0. The molecule has 4 aromatic carbocycles. The van der Waals surface area contributed by atoms with Crippen molar-refractivity contribution in [3.05, 3.63) is 95.0 Å². The molecule has 4 rings (SSSR count). The molecule has 0 bridgehead atoms. The third kappa shape index (κ3) is 3.45. The van der Waals surface area contributed by atoms with Gasteiger partial charge in [-0.2, -0.15) is 0 Å². The Morgan fingerprint density at radius 2 is 1.26 bits per heavy atom. The molecule has 0 aliphatic heterocycles. The molecule has 0 saturated carbocycles. The smallest absolute Gasteiger partial charge is 0.134 e. The maximum atomic E-state index is 14.7. The van der Waals surface area contributed by atoms with Crippen LogP contribution in [0, 0.1) is 11.6 Å². The molecule has 3 heteroatoms. The molecule has 0 amide bonds. The van der Waals surface area contributed by atoms with E-state index in [-0.39, 0.29) is 5.56 Å². The van der Waals surface area contributed by atoms with E-state index in [1.54, 1.807) is 24.3 Å². The highest BCUT2D eigenvalue weighted by Gasteiger charge is 2.14. The molecule has 0 saturated heterocycles. The molecule has 0 aromatic heterocycles. The normalized spacial score (nSPS) is 11.1. The monoisotopic (exact) mass is 378 g/mol. The summed E-state index contributed by atoms with van der Waals surface area (Å²) in [5, 5.41) is 2.70. The molecule has 0 heterocycles. The second-order valence-electron chi connectivity index (χ2n) is 6.57. The first-order valence-electron chi connectivity index (χ1n) is 8.83. The van der Waals surface area contributed by atoms with Crippen molar-refractivity contribution in [2.75, 3.05) is 0 Å². The Kier molecular flexibility index (Phi) is 4.67. The predicted octanol–water partition coefficient (Wildman–Crippen LogP) is 7.67. The van der Waals surface area contributed by atoms with Crippen LogP contribution >= 0.6 is 11.6 Å². The SMILES string of the molecule is CCc1ccc2cc(-c3cc(F)c(-c4ccc(Cl)cc4)c(F)c3)ccc2c1. The highest BCUT2D eigenvalue weighted by molar-refractivity contribution is 6.30. The first-order valence-corrected chi connectivity index (χ1v) is 9.21. The van der Waals surface area contributed by atoms with Gasteiger partial charge < -0.3 is 0 Å². The zero-order valence-corrected chi connectivity index (χ0v) is 15.5. The van der Waals surface area contributed by atoms with Gasteiger partial charge in [0, 0.05) is 5.02 Å². The van der Waals surface area contributed by atoms with Crippen LogP contribution in [0.3, 0.4) is 0 Å². The van der Waals surface area contributed by atoms with Crippen LogP contribution in [-0.2, 0) is 6.42 Å². The van der Waals surface area contributed by atoms with E-state index in [0.717, 1.165) is 22.8 Å². The Hall–Kier alpha value is -2.71. The highest BCUT2D eigenvalue weighted by atomic mass is 35.5. The lowest BCUT2D eigenvalue weighted by Gasteiger charge is -2.10. The Bertz CT molecular complexity index is 1110. The number of benzene rings is 4. The molecule has 0 spiro atoms. The predicted molar refractivity (Wildman–Crippen MR) is 109 cm³/mol. The maximum Gasteiger partial charge on any atom is 0.134 e. The van der Waals surface area contributed by atoms with E-state index in [1.165, 1.54) is 17.7 Å². The minimum atomic E-state index is -0.589. The molecule has 27 heavy (non-hydrogen) atoms. The number of hydrogen-bond donors (Lipinski definition) is 0. The van der Waals surface area contributed by atoms with Crippen molar-refractivity contribution in [3.63, 3.8) is 0 Å². The molecule has 0 nitrogen and oxygen atoms in total. The summed E-state index contributed by atoms with van der Waals surface area (Å²) >= 11 is 5.86. The number of aryl methyl sites for hydroxylation is 1. The fraction of sp³-hybridized carbons (Fsp3) is 0.0833. The van der Waals surface area contributed by atoms with Crippen LogP contribution in [0.4, 0.5) is 8.78 Å². The first-order chi connectivity index (χ1) is 13.0. The fourth-order valence-electron chi connectivity index (χ4n) is 3.33. The standard InChI is InChI=1S/C24H17ClF2/c1-2-15-3-4-18-12-19(6-5-17(18)11-15)20-13-22(26)24(23(27)14-20)16-7-9-21(25)10-8-16/h3-14H,2H2,1H3. The number of fused-ring (bicyclic) bond motifs is 1. The molecule has 0 fully saturated rings. The molecule has 4 aromatic rings. The van der Waals surface area contributed by atoms with Gasteiger partial charge in [0.15, 0.2) is 0 Å². The van der Waals surface area contributed by atoms with Gasteiger partial charge in [0.25, 0.3) is 0 Å². The molecule has 0 N–H and O–H groups in total. The van der Waals surface area contributed by atoms with E-state index in [1.807, 2.05) is 24.3 Å². The molecule has 0 radical (unpaired) electrons. The van der Waals surface area contributed by atoms with Crippen molar-refractivity contribution in [2.24, 2.45) is 0 Å². The summed E-state index contributed by atoms with van der Waals surface area (Å²) in [5.41, 5.74) is 2.99. The van der Waals surface area contributed by atoms with E-state index < -0.39 is 11.6 Å². The Morgan fingerprint density at radius 1 is 0.667 bits per heavy atom. The van der Waals surface area contributed by atoms with Crippen LogP contribution in [0.1, 0.15) is 12.5 Å². The van der Waals surface area contributed by atoms with E-state index in [9.17, 15) is 8.78 Å². The lowest BCUT2D eigenvalue weighted by molar-refractivity contribution is 0.590. The molecule has 0 aliphatic carbocycles. The zero-order valence-electron chi connectivity index (χ0n) is 14.8. The number of halogens is 3. The minimum absolute atomic E-state index is 0.0382. The summed E-state index contributed by atoms with van der Waals surface area (Å²) in [5.74, 6) is -1.18. The van der Waals surface area contributed by atoms with Gasteiger partial charge in [0.1, 0.15) is 11.6 Å². The third-order valence-electron chi connectivity index (χ3n) is 4.82. The van der Waals surface area contributed by atoms with Crippen molar-refractivity contribution < 1.29 is 8.78 Å². The van der Waals surface area contributed by atoms with Gasteiger partial charge in [-0.3, -0.25) is 0 Å². The molecular weight excluding hydrogens is 362 g/mol. The van der Waals surface area contributed by atoms with E-state index in [0.29, 0.717) is 16.1 Å². The van der Waals surface area contributed by atoms with Crippen LogP contribution in [0.25, 0.3) is 33.0 Å². The van der Waals surface area contributed by atoms with Crippen molar-refractivity contribution in [2.45, 2.75) is 13.3 Å². The van der Waals surface area contributed by atoms with Gasteiger partial charge in [-0.25, -0.2) is 8.78 Å². The van der Waals surface area contributed by atoms with E-state index in [4.69, 9.17) is 11.6 Å². The average Bonchev–Trinajstić information content (AvgIpc) is 2.68. The van der Waals surface area contributed by atoms with Crippen LogP contribution in [0.5, 0.6) is 0 Å². The molecule has 0 atom stereocenters. The van der Waals surface area contributed by atoms with Gasteiger partial charge >= 0.3 is 0 Å². The largest absolute Gasteiger partial charge is 0.206 e. The van der Waals surface area contributed by atoms with Gasteiger partial charge in [-0.05, 0) is 69.8 Å². The molecule has 0 unspecified atom stereocenters. The van der Waals surface area contributed by atoms with Crippen LogP contribution < -0.4 is 0 Å². The number of rotatable bonds is 3. The second-order valence-corrected chi connectivity index (χ2v) is 7.01. The Labute approximate surface area is 162 Å². The van der Waals surface area contributed by atoms with Crippen LogP contribution in [0.2, 0.25) is 5.02 Å². The van der Waals surface area contributed by atoms with Gasteiger partial charge in [-0.15, -0.1) is 0 Å². The topological polar surface area (TPSA) is 0 Å². The fourth-order valence-corrected chi connectivity index (χ4v) is 3.45. The summed E-state index contributed by atoms with van der Waals surface area (Å²) in [6.45, 7) is 2.11. The summed E-state index contributed by atoms with van der Waals surface area (Å²) in [6, 6.07) is 21.4. The van der Waals surface area contributed by atoms with Crippen molar-refractivity contribution in [3.8, 4) is 22.3 Å². The molecule has 134 valence electrons. The van der Waals surface area contributed by atoms with E-state index in [2.05, 4.69) is 19.1 Å². The van der Waals surface area contributed by atoms with Gasteiger partial charge in [0.2, 0.25) is 0 Å². The van der Waals surface area contributed by atoms with E-state index >= 15 is 0 Å². The Balaban J connectivity index is 1.78. The average molecular weight is 379 g/mol. The third-order valence-corrected chi connectivity index (χ3v) is 5.07. The lowest BCUT2D eigenvalue weighted by atomic mass is 9.96. The summed E-state index contributed by atoms with van der Waals surface area (Å²) in [4.78, 5) is 0. The molecular formula is C24H17ClF2.